The van der Waals surface area contributed by atoms with Crippen LogP contribution in [0.4, 0.5) is 16.2 Å². The molecule has 6 heteroatoms. The number of hydrogen-bond acceptors (Lipinski definition) is 3. The normalized spacial score (nSPS) is 11.6. The fourth-order valence-corrected chi connectivity index (χ4v) is 1.70. The second-order valence-corrected chi connectivity index (χ2v) is 4.74. The van der Waals surface area contributed by atoms with E-state index in [-0.39, 0.29) is 12.5 Å². The Hall–Kier alpha value is -2.24. The van der Waals surface area contributed by atoms with Crippen LogP contribution in [0.25, 0.3) is 0 Å². The average Bonchev–Trinajstić information content (AvgIpc) is 2.37. The second-order valence-electron chi connectivity index (χ2n) is 4.74. The Morgan fingerprint density at radius 2 is 1.85 bits per heavy atom. The molecule has 20 heavy (non-hydrogen) atoms. The zero-order valence-electron chi connectivity index (χ0n) is 12.0. The number of amides is 2. The fourth-order valence-electron chi connectivity index (χ4n) is 1.70. The summed E-state index contributed by atoms with van der Waals surface area (Å²) < 4.78 is 0. The molecule has 0 radical (unpaired) electrons. The van der Waals surface area contributed by atoms with Crippen molar-refractivity contribution in [2.75, 3.05) is 24.3 Å². The van der Waals surface area contributed by atoms with Gasteiger partial charge in [0.05, 0.1) is 6.42 Å². The van der Waals surface area contributed by atoms with Gasteiger partial charge in [0.25, 0.3) is 0 Å². The largest absolute Gasteiger partial charge is 0.481 e. The molecule has 0 aliphatic heterocycles. The molecule has 0 aliphatic carbocycles. The van der Waals surface area contributed by atoms with Crippen molar-refractivity contribution < 1.29 is 14.7 Å². The molecule has 0 spiro atoms. The van der Waals surface area contributed by atoms with Crippen molar-refractivity contribution in [3.63, 3.8) is 0 Å². The highest BCUT2D eigenvalue weighted by molar-refractivity contribution is 5.89. The second kappa shape index (κ2) is 7.37. The Morgan fingerprint density at radius 1 is 1.25 bits per heavy atom. The van der Waals surface area contributed by atoms with Crippen LogP contribution in [0.15, 0.2) is 24.3 Å². The van der Waals surface area contributed by atoms with Crippen molar-refractivity contribution in [1.82, 2.24) is 5.32 Å². The number of carbonyl (C=O) groups excluding carboxylic acids is 1. The Morgan fingerprint density at radius 3 is 2.30 bits per heavy atom. The zero-order valence-corrected chi connectivity index (χ0v) is 12.0. The number of aliphatic carboxylic acids is 1. The molecule has 1 rings (SSSR count). The number of nitrogens with zero attached hydrogens (tertiary/aromatic N) is 1. The number of rotatable bonds is 6. The number of benzene rings is 1. The van der Waals surface area contributed by atoms with Gasteiger partial charge in [-0.1, -0.05) is 6.92 Å². The lowest BCUT2D eigenvalue weighted by Gasteiger charge is -2.16. The van der Waals surface area contributed by atoms with Crippen molar-refractivity contribution in [3.05, 3.63) is 24.3 Å². The summed E-state index contributed by atoms with van der Waals surface area (Å²) in [4.78, 5) is 24.4. The number of nitrogens with one attached hydrogen (secondary N) is 2. The van der Waals surface area contributed by atoms with Gasteiger partial charge in [0, 0.05) is 31.5 Å². The summed E-state index contributed by atoms with van der Waals surface area (Å²) in [5.41, 5.74) is 1.70. The smallest absolute Gasteiger partial charge is 0.319 e. The van der Waals surface area contributed by atoms with Crippen molar-refractivity contribution in [2.24, 2.45) is 0 Å². The van der Waals surface area contributed by atoms with Gasteiger partial charge < -0.3 is 20.6 Å². The molecule has 3 N–H and O–H groups in total. The maximum Gasteiger partial charge on any atom is 0.319 e. The number of anilines is 2. The molecule has 2 amide bonds. The minimum Gasteiger partial charge on any atom is -0.481 e. The van der Waals surface area contributed by atoms with E-state index < -0.39 is 12.0 Å². The van der Waals surface area contributed by atoms with Gasteiger partial charge in [-0.05, 0) is 30.7 Å². The monoisotopic (exact) mass is 279 g/mol. The number of urea groups is 1. The topological polar surface area (TPSA) is 81.7 Å². The lowest BCUT2D eigenvalue weighted by Crippen LogP contribution is -2.38. The van der Waals surface area contributed by atoms with E-state index in [2.05, 4.69) is 10.6 Å². The first-order valence-corrected chi connectivity index (χ1v) is 6.49. The van der Waals surface area contributed by atoms with Crippen molar-refractivity contribution in [2.45, 2.75) is 25.8 Å². The van der Waals surface area contributed by atoms with Crippen molar-refractivity contribution in [3.8, 4) is 0 Å². The Kier molecular flexibility index (Phi) is 5.83. The molecule has 6 nitrogen and oxygen atoms in total. The summed E-state index contributed by atoms with van der Waals surface area (Å²) in [5.74, 6) is -0.924. The molecule has 0 saturated carbocycles. The third kappa shape index (κ3) is 5.17. The lowest BCUT2D eigenvalue weighted by molar-refractivity contribution is -0.137. The first-order valence-electron chi connectivity index (χ1n) is 6.49. The maximum atomic E-state index is 11.8. The third-order valence-corrected chi connectivity index (χ3v) is 2.89. The predicted octanol–water partition coefficient (Wildman–Crippen LogP) is 2.13. The minimum atomic E-state index is -0.924. The quantitative estimate of drug-likeness (QED) is 0.745. The van der Waals surface area contributed by atoms with Crippen LogP contribution in [0, 0.1) is 0 Å². The van der Waals surface area contributed by atoms with Crippen LogP contribution in [0.1, 0.15) is 19.8 Å². The molecule has 0 aromatic heterocycles. The molecule has 0 fully saturated rings. The van der Waals surface area contributed by atoms with Crippen LogP contribution in [-0.2, 0) is 4.79 Å². The number of carbonyl (C=O) groups is 2. The molecule has 110 valence electrons. The van der Waals surface area contributed by atoms with Crippen LogP contribution in [0.2, 0.25) is 0 Å². The molecule has 1 atom stereocenters. The third-order valence-electron chi connectivity index (χ3n) is 2.89. The van der Waals surface area contributed by atoms with Crippen LogP contribution in [-0.4, -0.2) is 37.2 Å². The Balaban J connectivity index is 2.54. The van der Waals surface area contributed by atoms with Crippen molar-refractivity contribution in [1.29, 1.82) is 0 Å². The Bertz CT molecular complexity index is 457. The van der Waals surface area contributed by atoms with Gasteiger partial charge >= 0.3 is 12.0 Å². The summed E-state index contributed by atoms with van der Waals surface area (Å²) in [6.45, 7) is 1.83. The molecule has 1 aromatic rings. The molecular weight excluding hydrogens is 258 g/mol. The first-order chi connectivity index (χ1) is 9.42. The van der Waals surface area contributed by atoms with Gasteiger partial charge in [-0.15, -0.1) is 0 Å². The van der Waals surface area contributed by atoms with Crippen LogP contribution < -0.4 is 15.5 Å². The molecule has 1 aromatic carbocycles. The van der Waals surface area contributed by atoms with Gasteiger partial charge in [-0.2, -0.15) is 0 Å². The Labute approximate surface area is 118 Å². The van der Waals surface area contributed by atoms with E-state index in [1.54, 1.807) is 12.1 Å². The predicted molar refractivity (Wildman–Crippen MR) is 79.3 cm³/mol. The summed E-state index contributed by atoms with van der Waals surface area (Å²) in [6.07, 6.45) is 0.489. The summed E-state index contributed by atoms with van der Waals surface area (Å²) in [5, 5.41) is 14.1. The standard InChI is InChI=1S/C14H21N3O3/c1-4-10(9-13(18)19)15-14(20)16-11-5-7-12(8-6-11)17(2)3/h5-8,10H,4,9H2,1-3H3,(H,18,19)(H2,15,16,20). The van der Waals surface area contributed by atoms with Gasteiger partial charge in [0.2, 0.25) is 0 Å². The van der Waals surface area contributed by atoms with Crippen LogP contribution in [0.3, 0.4) is 0 Å². The van der Waals surface area contributed by atoms with E-state index in [9.17, 15) is 9.59 Å². The maximum absolute atomic E-state index is 11.8. The van der Waals surface area contributed by atoms with Gasteiger partial charge in [0.1, 0.15) is 0 Å². The van der Waals surface area contributed by atoms with Crippen LogP contribution in [0.5, 0.6) is 0 Å². The SMILES string of the molecule is CCC(CC(=O)O)NC(=O)Nc1ccc(N(C)C)cc1. The highest BCUT2D eigenvalue weighted by Crippen LogP contribution is 2.15. The van der Waals surface area contributed by atoms with Crippen LogP contribution >= 0.6 is 0 Å². The molecular formula is C14H21N3O3. The van der Waals surface area contributed by atoms with E-state index in [1.165, 1.54) is 0 Å². The van der Waals surface area contributed by atoms with E-state index in [0.29, 0.717) is 12.1 Å². The molecule has 0 aliphatic rings. The zero-order chi connectivity index (χ0) is 15.1. The van der Waals surface area contributed by atoms with E-state index >= 15 is 0 Å². The van der Waals surface area contributed by atoms with E-state index in [4.69, 9.17) is 5.11 Å². The number of carboxylic acids is 1. The van der Waals surface area contributed by atoms with E-state index in [0.717, 1.165) is 5.69 Å². The van der Waals surface area contributed by atoms with Gasteiger partial charge in [0.15, 0.2) is 0 Å². The number of carboxylic acid groups (broad SMARTS) is 1. The summed E-state index contributed by atoms with van der Waals surface area (Å²) in [6, 6.07) is 6.62. The molecule has 0 saturated heterocycles. The average molecular weight is 279 g/mol. The lowest BCUT2D eigenvalue weighted by atomic mass is 10.1. The number of hydrogen-bond donors (Lipinski definition) is 3. The van der Waals surface area contributed by atoms with E-state index in [1.807, 2.05) is 38.1 Å². The highest BCUT2D eigenvalue weighted by atomic mass is 16.4. The fraction of sp³-hybridized carbons (Fsp3) is 0.429. The highest BCUT2D eigenvalue weighted by Gasteiger charge is 2.13. The summed E-state index contributed by atoms with van der Waals surface area (Å²) in [7, 11) is 3.87. The minimum absolute atomic E-state index is 0.0799. The first kappa shape index (κ1) is 15.8. The molecule has 0 heterocycles. The molecule has 1 unspecified atom stereocenters. The molecule has 0 bridgehead atoms. The summed E-state index contributed by atoms with van der Waals surface area (Å²) >= 11 is 0. The van der Waals surface area contributed by atoms with Crippen molar-refractivity contribution >= 4 is 23.4 Å². The van der Waals surface area contributed by atoms with Gasteiger partial charge in [-0.25, -0.2) is 4.79 Å². The van der Waals surface area contributed by atoms with Gasteiger partial charge in [-0.3, -0.25) is 4.79 Å².